The molecule has 0 aliphatic heterocycles. The molecule has 9 heteroatoms. The van der Waals surface area contributed by atoms with Crippen LogP contribution in [-0.2, 0) is 16.0 Å². The Hall–Kier alpha value is -3.20. The number of aliphatic carboxylic acids is 1. The molecule has 2 aromatic heterocycles. The van der Waals surface area contributed by atoms with Gasteiger partial charge in [-0.25, -0.2) is 9.78 Å². The number of aryl methyl sites for hydroxylation is 2. The number of carboxylic acids is 1. The Morgan fingerprint density at radius 3 is 2.56 bits per heavy atom. The summed E-state index contributed by atoms with van der Waals surface area (Å²) in [5, 5.41) is 14.7. The lowest BCUT2D eigenvalue weighted by molar-refractivity contribution is -0.144. The normalized spacial score (nSPS) is 13.2. The lowest BCUT2D eigenvalue weighted by Crippen LogP contribution is -2.48. The Morgan fingerprint density at radius 1 is 1.28 bits per heavy atom. The highest BCUT2D eigenvalue weighted by Gasteiger charge is 2.27. The molecule has 0 spiro atoms. The van der Waals surface area contributed by atoms with Crippen LogP contribution < -0.4 is 15.5 Å². The molecule has 1 aromatic carbocycles. The summed E-state index contributed by atoms with van der Waals surface area (Å²) in [7, 11) is 0. The Kier molecular flexibility index (Phi) is 6.98. The molecule has 0 aliphatic carbocycles. The second-order valence-corrected chi connectivity index (χ2v) is 8.77. The topological polar surface area (TPSA) is 119 Å². The van der Waals surface area contributed by atoms with Gasteiger partial charge in [0.1, 0.15) is 28.6 Å². The fourth-order valence-electron chi connectivity index (χ4n) is 3.24. The maximum atomic E-state index is 13.0. The van der Waals surface area contributed by atoms with Crippen molar-refractivity contribution in [2.75, 3.05) is 0 Å². The highest BCUT2D eigenvalue weighted by molar-refractivity contribution is 7.13. The number of nitrogens with one attached hydrogen (secondary N) is 1. The molecule has 0 radical (unpaired) electrons. The number of aromatic nitrogens is 1. The van der Waals surface area contributed by atoms with E-state index in [1.165, 1.54) is 17.6 Å². The van der Waals surface area contributed by atoms with Gasteiger partial charge in [-0.15, -0.1) is 11.3 Å². The zero-order valence-electron chi connectivity index (χ0n) is 18.6. The molecule has 2 heterocycles. The number of amides is 1. The van der Waals surface area contributed by atoms with Crippen LogP contribution in [0.5, 0.6) is 5.75 Å². The van der Waals surface area contributed by atoms with Crippen molar-refractivity contribution in [3.05, 3.63) is 45.3 Å². The fraction of sp³-hybridized carbons (Fsp3) is 0.391. The molecular formula is C23H26N2O6S. The summed E-state index contributed by atoms with van der Waals surface area (Å²) < 4.78 is 11.6. The second kappa shape index (κ2) is 9.52. The maximum absolute atomic E-state index is 13.0. The van der Waals surface area contributed by atoms with Crippen LogP contribution in [0.2, 0.25) is 0 Å². The standard InChI is InChI=1S/C23H26N2O6S/c1-6-14-7-15-18(30-9-16(20(15)26)22-24-12(4)10-32-22)8-17(14)31-13(5)21(27)25-19(11(2)3)23(28)29/h7-11,13,19H,6H2,1-5H3,(H,25,27)(H,28,29)/t13-,19+/m0/s1. The summed E-state index contributed by atoms with van der Waals surface area (Å²) in [6, 6.07) is 2.29. The Labute approximate surface area is 189 Å². The summed E-state index contributed by atoms with van der Waals surface area (Å²) in [6.45, 7) is 8.74. The van der Waals surface area contributed by atoms with Crippen molar-refractivity contribution in [1.82, 2.24) is 10.3 Å². The monoisotopic (exact) mass is 458 g/mol. The number of ether oxygens (including phenoxy) is 1. The number of hydrogen-bond acceptors (Lipinski definition) is 7. The molecule has 32 heavy (non-hydrogen) atoms. The summed E-state index contributed by atoms with van der Waals surface area (Å²) in [6.07, 6.45) is 1.00. The van der Waals surface area contributed by atoms with Crippen molar-refractivity contribution in [1.29, 1.82) is 0 Å². The summed E-state index contributed by atoms with van der Waals surface area (Å²) in [5.41, 5.74) is 2.10. The highest BCUT2D eigenvalue weighted by atomic mass is 32.1. The number of carbonyl (C=O) groups excluding carboxylic acids is 1. The van der Waals surface area contributed by atoms with Gasteiger partial charge in [0.2, 0.25) is 5.43 Å². The third kappa shape index (κ3) is 4.83. The van der Waals surface area contributed by atoms with E-state index in [2.05, 4.69) is 10.3 Å². The van der Waals surface area contributed by atoms with Crippen molar-refractivity contribution in [2.24, 2.45) is 5.92 Å². The fourth-order valence-corrected chi connectivity index (χ4v) is 4.04. The molecule has 170 valence electrons. The van der Waals surface area contributed by atoms with Gasteiger partial charge in [0.15, 0.2) is 6.10 Å². The molecule has 3 aromatic rings. The first-order valence-corrected chi connectivity index (χ1v) is 11.2. The van der Waals surface area contributed by atoms with Gasteiger partial charge in [0.25, 0.3) is 5.91 Å². The number of rotatable bonds is 8. The number of benzene rings is 1. The van der Waals surface area contributed by atoms with Crippen LogP contribution >= 0.6 is 11.3 Å². The zero-order valence-corrected chi connectivity index (χ0v) is 19.4. The van der Waals surface area contributed by atoms with Crippen LogP contribution in [0.3, 0.4) is 0 Å². The van der Waals surface area contributed by atoms with E-state index in [9.17, 15) is 19.5 Å². The molecule has 0 saturated heterocycles. The number of carboxylic acid groups (broad SMARTS) is 1. The summed E-state index contributed by atoms with van der Waals surface area (Å²) in [4.78, 5) is 41.3. The Morgan fingerprint density at radius 2 is 2.00 bits per heavy atom. The first-order chi connectivity index (χ1) is 15.1. The molecule has 3 rings (SSSR count). The van der Waals surface area contributed by atoms with Crippen molar-refractivity contribution in [2.45, 2.75) is 53.2 Å². The predicted octanol–water partition coefficient (Wildman–Crippen LogP) is 3.78. The first kappa shape index (κ1) is 23.5. The van der Waals surface area contributed by atoms with E-state index < -0.39 is 24.0 Å². The van der Waals surface area contributed by atoms with Crippen LogP contribution in [-0.4, -0.2) is 34.1 Å². The molecule has 0 bridgehead atoms. The molecule has 1 amide bonds. The molecule has 0 saturated carbocycles. The van der Waals surface area contributed by atoms with Crippen LogP contribution in [0, 0.1) is 12.8 Å². The van der Waals surface area contributed by atoms with Crippen molar-refractivity contribution in [3.63, 3.8) is 0 Å². The highest BCUT2D eigenvalue weighted by Crippen LogP contribution is 2.29. The van der Waals surface area contributed by atoms with E-state index in [1.807, 2.05) is 19.2 Å². The lowest BCUT2D eigenvalue weighted by Gasteiger charge is -2.22. The minimum absolute atomic E-state index is 0.186. The van der Waals surface area contributed by atoms with Crippen molar-refractivity contribution >= 4 is 34.2 Å². The van der Waals surface area contributed by atoms with Gasteiger partial charge in [-0.2, -0.15) is 0 Å². The smallest absolute Gasteiger partial charge is 0.326 e. The first-order valence-electron chi connectivity index (χ1n) is 10.3. The van der Waals surface area contributed by atoms with E-state index in [0.29, 0.717) is 33.7 Å². The molecule has 0 fully saturated rings. The largest absolute Gasteiger partial charge is 0.480 e. The molecule has 2 N–H and O–H groups in total. The molecule has 2 atom stereocenters. The quantitative estimate of drug-likeness (QED) is 0.527. The maximum Gasteiger partial charge on any atom is 0.326 e. The van der Waals surface area contributed by atoms with Gasteiger partial charge >= 0.3 is 5.97 Å². The van der Waals surface area contributed by atoms with Gasteiger partial charge in [-0.3, -0.25) is 9.59 Å². The zero-order chi connectivity index (χ0) is 23.6. The van der Waals surface area contributed by atoms with E-state index >= 15 is 0 Å². The number of thiazole rings is 1. The average molecular weight is 459 g/mol. The van der Waals surface area contributed by atoms with Crippen LogP contribution in [0.15, 0.2) is 33.0 Å². The number of nitrogens with zero attached hydrogens (tertiary/aromatic N) is 1. The third-order valence-corrected chi connectivity index (χ3v) is 6.08. The number of fused-ring (bicyclic) bond motifs is 1. The number of carbonyl (C=O) groups is 2. The average Bonchev–Trinajstić information content (AvgIpc) is 3.17. The molecular weight excluding hydrogens is 432 g/mol. The Balaban J connectivity index is 1.91. The van der Waals surface area contributed by atoms with E-state index in [4.69, 9.17) is 9.15 Å². The van der Waals surface area contributed by atoms with E-state index in [-0.39, 0.29) is 11.3 Å². The molecule has 0 unspecified atom stereocenters. The Bertz CT molecular complexity index is 1210. The van der Waals surface area contributed by atoms with Crippen molar-refractivity contribution < 1.29 is 23.8 Å². The van der Waals surface area contributed by atoms with Crippen molar-refractivity contribution in [3.8, 4) is 16.3 Å². The third-order valence-electron chi connectivity index (χ3n) is 5.09. The van der Waals surface area contributed by atoms with Crippen LogP contribution in [0.25, 0.3) is 21.5 Å². The molecule has 8 nitrogen and oxygen atoms in total. The lowest BCUT2D eigenvalue weighted by atomic mass is 10.0. The van der Waals surface area contributed by atoms with Gasteiger partial charge in [0, 0.05) is 17.1 Å². The summed E-state index contributed by atoms with van der Waals surface area (Å²) >= 11 is 1.38. The van der Waals surface area contributed by atoms with Gasteiger partial charge in [0.05, 0.1) is 10.9 Å². The van der Waals surface area contributed by atoms with Crippen LogP contribution in [0.4, 0.5) is 0 Å². The summed E-state index contributed by atoms with van der Waals surface area (Å²) in [5.74, 6) is -1.52. The predicted molar refractivity (Wildman–Crippen MR) is 122 cm³/mol. The van der Waals surface area contributed by atoms with Gasteiger partial charge in [-0.1, -0.05) is 20.8 Å². The minimum Gasteiger partial charge on any atom is -0.480 e. The van der Waals surface area contributed by atoms with Gasteiger partial charge in [-0.05, 0) is 37.8 Å². The van der Waals surface area contributed by atoms with Crippen LogP contribution in [0.1, 0.15) is 39.0 Å². The SMILES string of the molecule is CCc1cc2c(=O)c(-c3nc(C)cs3)coc2cc1O[C@@H](C)C(=O)N[C@@H](C(=O)O)C(C)C. The van der Waals surface area contributed by atoms with E-state index in [0.717, 1.165) is 11.3 Å². The molecule has 0 aliphatic rings. The second-order valence-electron chi connectivity index (χ2n) is 7.91. The minimum atomic E-state index is -1.10. The van der Waals surface area contributed by atoms with Gasteiger partial charge < -0.3 is 19.6 Å². The number of hydrogen-bond donors (Lipinski definition) is 2. The van der Waals surface area contributed by atoms with E-state index in [1.54, 1.807) is 32.9 Å².